The van der Waals surface area contributed by atoms with Gasteiger partial charge in [-0.25, -0.2) is 0 Å². The van der Waals surface area contributed by atoms with Gasteiger partial charge in [-0.15, -0.1) is 0 Å². The lowest BCUT2D eigenvalue weighted by Gasteiger charge is -2.20. The Kier molecular flexibility index (Phi) is 6.42. The predicted molar refractivity (Wildman–Crippen MR) is 132 cm³/mol. The standard InChI is InChI=1S/C22H19IN4O3S/c1-3-18-26-27-20(24)15(21(28)25-22(27)31-18)9-14-10-16(23)19(17(11-14)29-2)30-12-13-7-5-4-6-8-13/h4-11,24H,3,12H2,1-2H3/b15-9+,24-20?. The number of carbonyl (C=O) groups excluding carboxylic acids is 1. The van der Waals surface area contributed by atoms with Crippen molar-refractivity contribution >= 4 is 62.4 Å². The van der Waals surface area contributed by atoms with E-state index in [9.17, 15) is 4.79 Å². The second kappa shape index (κ2) is 9.23. The summed E-state index contributed by atoms with van der Waals surface area (Å²) in [7, 11) is 1.57. The SMILES string of the molecule is CCC1=NN2C(=N)/C(=C\c3cc(I)c(OCc4ccccc4)c(OC)c3)C(=O)N=C2S1. The average molecular weight is 546 g/mol. The Balaban J connectivity index is 1.62. The Morgan fingerprint density at radius 3 is 2.74 bits per heavy atom. The number of nitrogens with one attached hydrogen (secondary N) is 1. The maximum atomic E-state index is 12.6. The molecule has 0 saturated carbocycles. The van der Waals surface area contributed by atoms with Crippen LogP contribution in [0.3, 0.4) is 0 Å². The Hall–Kier alpha value is -2.66. The number of fused-ring (bicyclic) bond motifs is 1. The first-order valence-electron chi connectivity index (χ1n) is 9.53. The van der Waals surface area contributed by atoms with E-state index in [1.54, 1.807) is 19.3 Å². The average Bonchev–Trinajstić information content (AvgIpc) is 3.19. The number of amides is 1. The number of thioether (sulfide) groups is 1. The summed E-state index contributed by atoms with van der Waals surface area (Å²) in [5.74, 6) is 0.753. The molecule has 0 unspecified atom stereocenters. The Labute approximate surface area is 197 Å². The van der Waals surface area contributed by atoms with Gasteiger partial charge in [-0.05, 0) is 70.1 Å². The van der Waals surface area contributed by atoms with E-state index in [4.69, 9.17) is 14.9 Å². The maximum Gasteiger partial charge on any atom is 0.283 e. The fourth-order valence-corrected chi connectivity index (χ4v) is 4.64. The first kappa shape index (κ1) is 21.6. The number of carbonyl (C=O) groups is 1. The highest BCUT2D eigenvalue weighted by molar-refractivity contribution is 14.1. The van der Waals surface area contributed by atoms with E-state index in [1.807, 2.05) is 43.3 Å². The summed E-state index contributed by atoms with van der Waals surface area (Å²) in [5, 5.41) is 15.5. The molecule has 0 atom stereocenters. The molecular weight excluding hydrogens is 527 g/mol. The lowest BCUT2D eigenvalue weighted by Crippen LogP contribution is -2.35. The monoisotopic (exact) mass is 546 g/mol. The fraction of sp³-hybridized carbons (Fsp3) is 0.182. The minimum absolute atomic E-state index is 0.0179. The molecule has 0 saturated heterocycles. The third-order valence-corrected chi connectivity index (χ3v) is 6.44. The third-order valence-electron chi connectivity index (χ3n) is 4.59. The van der Waals surface area contributed by atoms with E-state index in [0.29, 0.717) is 28.8 Å². The van der Waals surface area contributed by atoms with Gasteiger partial charge in [-0.2, -0.15) is 15.1 Å². The number of benzene rings is 2. The molecule has 158 valence electrons. The van der Waals surface area contributed by atoms with Crippen LogP contribution in [-0.2, 0) is 11.4 Å². The van der Waals surface area contributed by atoms with Gasteiger partial charge in [0.1, 0.15) is 11.7 Å². The molecule has 2 aliphatic rings. The van der Waals surface area contributed by atoms with Crippen LogP contribution in [0.25, 0.3) is 6.08 Å². The van der Waals surface area contributed by atoms with Crippen molar-refractivity contribution in [1.82, 2.24) is 5.01 Å². The number of rotatable bonds is 6. The number of ether oxygens (including phenoxy) is 2. The minimum atomic E-state index is -0.449. The van der Waals surface area contributed by atoms with Gasteiger partial charge >= 0.3 is 0 Å². The predicted octanol–water partition coefficient (Wildman–Crippen LogP) is 4.91. The Morgan fingerprint density at radius 2 is 2.03 bits per heavy atom. The largest absolute Gasteiger partial charge is 0.493 e. The molecule has 2 aliphatic heterocycles. The minimum Gasteiger partial charge on any atom is -0.493 e. The van der Waals surface area contributed by atoms with Gasteiger partial charge < -0.3 is 9.47 Å². The zero-order valence-corrected chi connectivity index (χ0v) is 19.9. The van der Waals surface area contributed by atoms with Crippen molar-refractivity contribution in [2.24, 2.45) is 10.1 Å². The summed E-state index contributed by atoms with van der Waals surface area (Å²) in [6.07, 6.45) is 2.36. The summed E-state index contributed by atoms with van der Waals surface area (Å²) >= 11 is 3.50. The van der Waals surface area contributed by atoms with Crippen molar-refractivity contribution < 1.29 is 14.3 Å². The molecule has 2 aromatic rings. The zero-order chi connectivity index (χ0) is 22.0. The molecule has 2 aromatic carbocycles. The highest BCUT2D eigenvalue weighted by atomic mass is 127. The smallest absolute Gasteiger partial charge is 0.283 e. The second-order valence-electron chi connectivity index (χ2n) is 6.68. The van der Waals surface area contributed by atoms with Crippen LogP contribution in [-0.4, -0.2) is 34.1 Å². The molecule has 0 radical (unpaired) electrons. The fourth-order valence-electron chi connectivity index (χ4n) is 3.03. The number of hydrazone groups is 1. The summed E-state index contributed by atoms with van der Waals surface area (Å²) < 4.78 is 12.4. The molecular formula is C22H19IN4O3S. The molecule has 0 aliphatic carbocycles. The van der Waals surface area contributed by atoms with Crippen molar-refractivity contribution in [3.8, 4) is 11.5 Å². The maximum absolute atomic E-state index is 12.6. The molecule has 31 heavy (non-hydrogen) atoms. The van der Waals surface area contributed by atoms with Crippen LogP contribution in [0, 0.1) is 8.98 Å². The highest BCUT2D eigenvalue weighted by Gasteiger charge is 2.35. The molecule has 1 amide bonds. The quantitative estimate of drug-likeness (QED) is 0.411. The van der Waals surface area contributed by atoms with Crippen LogP contribution in [0.5, 0.6) is 11.5 Å². The molecule has 0 spiro atoms. The molecule has 0 aromatic heterocycles. The molecule has 0 bridgehead atoms. The molecule has 9 heteroatoms. The molecule has 7 nitrogen and oxygen atoms in total. The van der Waals surface area contributed by atoms with Crippen LogP contribution < -0.4 is 9.47 Å². The van der Waals surface area contributed by atoms with Crippen LogP contribution in [0.1, 0.15) is 24.5 Å². The van der Waals surface area contributed by atoms with Crippen LogP contribution >= 0.6 is 34.4 Å². The number of methoxy groups -OCH3 is 1. The molecule has 0 fully saturated rings. The summed E-state index contributed by atoms with van der Waals surface area (Å²) in [4.78, 5) is 16.7. The van der Waals surface area contributed by atoms with Gasteiger partial charge in [-0.3, -0.25) is 10.2 Å². The Morgan fingerprint density at radius 1 is 1.26 bits per heavy atom. The first-order chi connectivity index (χ1) is 15.0. The summed E-state index contributed by atoms with van der Waals surface area (Å²) in [6.45, 7) is 2.39. The van der Waals surface area contributed by atoms with E-state index < -0.39 is 5.91 Å². The lowest BCUT2D eigenvalue weighted by atomic mass is 10.1. The van der Waals surface area contributed by atoms with E-state index in [-0.39, 0.29) is 11.4 Å². The van der Waals surface area contributed by atoms with Gasteiger partial charge in [0.05, 0.1) is 16.3 Å². The van der Waals surface area contributed by atoms with Gasteiger partial charge in [0.15, 0.2) is 17.3 Å². The number of halogens is 1. The summed E-state index contributed by atoms with van der Waals surface area (Å²) in [5.41, 5.74) is 1.95. The number of amidine groups is 2. The third kappa shape index (κ3) is 4.52. The topological polar surface area (TPSA) is 87.3 Å². The molecule has 2 heterocycles. The highest BCUT2D eigenvalue weighted by Crippen LogP contribution is 2.36. The number of hydrogen-bond donors (Lipinski definition) is 1. The lowest BCUT2D eigenvalue weighted by molar-refractivity contribution is -0.114. The zero-order valence-electron chi connectivity index (χ0n) is 16.9. The number of hydrogen-bond acceptors (Lipinski definition) is 6. The van der Waals surface area contributed by atoms with Crippen LogP contribution in [0.2, 0.25) is 0 Å². The van der Waals surface area contributed by atoms with Crippen molar-refractivity contribution in [3.05, 3.63) is 62.7 Å². The summed E-state index contributed by atoms with van der Waals surface area (Å²) in [6, 6.07) is 13.6. The van der Waals surface area contributed by atoms with Crippen molar-refractivity contribution in [2.45, 2.75) is 20.0 Å². The van der Waals surface area contributed by atoms with Gasteiger partial charge in [0.25, 0.3) is 5.91 Å². The molecule has 1 N–H and O–H groups in total. The first-order valence-corrected chi connectivity index (χ1v) is 11.4. The van der Waals surface area contributed by atoms with Gasteiger partial charge in [0.2, 0.25) is 5.17 Å². The second-order valence-corrected chi connectivity index (χ2v) is 8.88. The number of aliphatic imine (C=N–C) groups is 1. The van der Waals surface area contributed by atoms with Crippen molar-refractivity contribution in [3.63, 3.8) is 0 Å². The normalized spacial score (nSPS) is 16.9. The van der Waals surface area contributed by atoms with E-state index >= 15 is 0 Å². The van der Waals surface area contributed by atoms with Crippen LogP contribution in [0.15, 0.2) is 58.1 Å². The van der Waals surface area contributed by atoms with E-state index in [0.717, 1.165) is 20.6 Å². The Bertz CT molecular complexity index is 1140. The van der Waals surface area contributed by atoms with Crippen molar-refractivity contribution in [1.29, 1.82) is 5.41 Å². The van der Waals surface area contributed by atoms with Crippen molar-refractivity contribution in [2.75, 3.05) is 7.11 Å². The van der Waals surface area contributed by atoms with Gasteiger partial charge in [-0.1, -0.05) is 37.3 Å². The van der Waals surface area contributed by atoms with E-state index in [2.05, 4.69) is 32.7 Å². The molecule has 4 rings (SSSR count). The number of nitrogens with zero attached hydrogens (tertiary/aromatic N) is 3. The van der Waals surface area contributed by atoms with E-state index in [1.165, 1.54) is 16.8 Å². The van der Waals surface area contributed by atoms with Crippen LogP contribution in [0.4, 0.5) is 0 Å². The van der Waals surface area contributed by atoms with Gasteiger partial charge in [0, 0.05) is 0 Å².